The van der Waals surface area contributed by atoms with Gasteiger partial charge < -0.3 is 15.1 Å². The topological polar surface area (TPSA) is 87.3 Å². The third-order valence-electron chi connectivity index (χ3n) is 4.35. The molecule has 118 valence electrons. The van der Waals surface area contributed by atoms with Crippen LogP contribution in [0.15, 0.2) is 30.7 Å². The van der Waals surface area contributed by atoms with Crippen LogP contribution in [0.25, 0.3) is 11.3 Å². The number of aliphatic hydroxyl groups excluding tert-OH is 2. The Morgan fingerprint density at radius 3 is 2.77 bits per heavy atom. The number of aromatic nitrogens is 4. The van der Waals surface area contributed by atoms with Crippen LogP contribution in [-0.2, 0) is 6.54 Å². The fraction of sp³-hybridized carbons (Fsp3) is 0.533. The summed E-state index contributed by atoms with van der Waals surface area (Å²) in [7, 11) is 3.83. The quantitative estimate of drug-likeness (QED) is 0.827. The average molecular weight is 303 g/mol. The van der Waals surface area contributed by atoms with Gasteiger partial charge in [-0.25, -0.2) is 0 Å². The molecule has 0 aliphatic heterocycles. The maximum absolute atomic E-state index is 10.2. The number of hydrogen-bond acceptors (Lipinski definition) is 6. The second-order valence-corrected chi connectivity index (χ2v) is 6.08. The van der Waals surface area contributed by atoms with Gasteiger partial charge in [-0.2, -0.15) is 0 Å². The summed E-state index contributed by atoms with van der Waals surface area (Å²) in [4.78, 5) is 6.02. The largest absolute Gasteiger partial charge is 0.390 e. The van der Waals surface area contributed by atoms with E-state index in [0.29, 0.717) is 6.54 Å². The van der Waals surface area contributed by atoms with Crippen molar-refractivity contribution in [2.45, 2.75) is 31.2 Å². The lowest BCUT2D eigenvalue weighted by Gasteiger charge is -2.22. The van der Waals surface area contributed by atoms with Gasteiger partial charge in [-0.15, -0.1) is 5.10 Å². The maximum Gasteiger partial charge on any atom is 0.114 e. The predicted octanol–water partition coefficient (Wildman–Crippen LogP) is 0.0120. The highest BCUT2D eigenvalue weighted by molar-refractivity contribution is 5.55. The van der Waals surface area contributed by atoms with Gasteiger partial charge in [-0.05, 0) is 32.6 Å². The van der Waals surface area contributed by atoms with Crippen LogP contribution in [0.3, 0.4) is 0 Å². The molecule has 0 spiro atoms. The van der Waals surface area contributed by atoms with Crippen LogP contribution in [0.1, 0.15) is 6.42 Å². The zero-order chi connectivity index (χ0) is 15.7. The van der Waals surface area contributed by atoms with Crippen molar-refractivity contribution in [2.75, 3.05) is 14.1 Å². The van der Waals surface area contributed by atoms with Crippen molar-refractivity contribution >= 4 is 0 Å². The summed E-state index contributed by atoms with van der Waals surface area (Å²) in [5, 5.41) is 28.6. The van der Waals surface area contributed by atoms with Crippen molar-refractivity contribution in [1.29, 1.82) is 0 Å². The maximum atomic E-state index is 10.2. The first kappa shape index (κ1) is 15.1. The molecular weight excluding hydrogens is 282 g/mol. The van der Waals surface area contributed by atoms with E-state index in [0.717, 1.165) is 17.7 Å². The molecule has 2 heterocycles. The first-order valence-electron chi connectivity index (χ1n) is 7.39. The van der Waals surface area contributed by atoms with Crippen LogP contribution in [0, 0.1) is 5.92 Å². The number of likely N-dealkylation sites (N-methyl/N-ethyl adjacent to an activating group) is 1. The Bertz CT molecular complexity index is 615. The zero-order valence-corrected chi connectivity index (χ0v) is 12.7. The van der Waals surface area contributed by atoms with E-state index < -0.39 is 12.2 Å². The molecule has 1 aliphatic rings. The smallest absolute Gasteiger partial charge is 0.114 e. The monoisotopic (exact) mass is 303 g/mol. The Labute approximate surface area is 129 Å². The van der Waals surface area contributed by atoms with Crippen molar-refractivity contribution in [3.05, 3.63) is 30.7 Å². The number of pyridine rings is 1. The first-order valence-corrected chi connectivity index (χ1v) is 7.39. The van der Waals surface area contributed by atoms with E-state index in [-0.39, 0.29) is 12.0 Å². The molecule has 0 amide bonds. The molecule has 4 unspecified atom stereocenters. The van der Waals surface area contributed by atoms with Gasteiger partial charge >= 0.3 is 0 Å². The third kappa shape index (κ3) is 2.87. The van der Waals surface area contributed by atoms with Gasteiger partial charge in [-0.1, -0.05) is 5.21 Å². The summed E-state index contributed by atoms with van der Waals surface area (Å²) in [6.07, 6.45) is 4.58. The normalized spacial score (nSPS) is 28.4. The lowest BCUT2D eigenvalue weighted by atomic mass is 10.1. The van der Waals surface area contributed by atoms with Crippen molar-refractivity contribution < 1.29 is 10.2 Å². The Kier molecular flexibility index (Phi) is 4.19. The summed E-state index contributed by atoms with van der Waals surface area (Å²) < 4.78 is 1.72. The molecule has 0 radical (unpaired) electrons. The highest BCUT2D eigenvalue weighted by Crippen LogP contribution is 2.30. The Morgan fingerprint density at radius 1 is 1.32 bits per heavy atom. The predicted molar refractivity (Wildman–Crippen MR) is 80.8 cm³/mol. The highest BCUT2D eigenvalue weighted by Gasteiger charge is 2.42. The van der Waals surface area contributed by atoms with Crippen LogP contribution in [0.5, 0.6) is 0 Å². The number of nitrogens with zero attached hydrogens (tertiary/aromatic N) is 5. The molecule has 0 bridgehead atoms. The Hall–Kier alpha value is -1.83. The van der Waals surface area contributed by atoms with Gasteiger partial charge in [0.15, 0.2) is 0 Å². The van der Waals surface area contributed by atoms with Crippen LogP contribution >= 0.6 is 0 Å². The molecular formula is C15H21N5O2. The van der Waals surface area contributed by atoms with E-state index >= 15 is 0 Å². The molecule has 2 N–H and O–H groups in total. The summed E-state index contributed by atoms with van der Waals surface area (Å²) in [6, 6.07) is 3.76. The standard InChI is InChI=1S/C15H21N5O2/c1-19(2)13-6-11(14(21)15(13)22)8-20-9-12(17-18-20)10-4-3-5-16-7-10/h3-5,7,9,11,13-15,21-22H,6,8H2,1-2H3. The minimum atomic E-state index is -0.738. The highest BCUT2D eigenvalue weighted by atomic mass is 16.3. The van der Waals surface area contributed by atoms with Gasteiger partial charge in [-0.3, -0.25) is 9.67 Å². The van der Waals surface area contributed by atoms with E-state index in [4.69, 9.17) is 0 Å². The number of hydrogen-bond donors (Lipinski definition) is 2. The van der Waals surface area contributed by atoms with Crippen LogP contribution in [0.4, 0.5) is 0 Å². The average Bonchev–Trinajstić information content (AvgIpc) is 3.09. The van der Waals surface area contributed by atoms with Crippen molar-refractivity contribution in [3.8, 4) is 11.3 Å². The van der Waals surface area contributed by atoms with Crippen molar-refractivity contribution in [2.24, 2.45) is 5.92 Å². The van der Waals surface area contributed by atoms with Gasteiger partial charge in [0, 0.05) is 36.5 Å². The lowest BCUT2D eigenvalue weighted by molar-refractivity contribution is -0.00569. The molecule has 2 aromatic rings. The summed E-state index contributed by atoms with van der Waals surface area (Å²) in [5.41, 5.74) is 1.66. The van der Waals surface area contributed by atoms with E-state index in [2.05, 4.69) is 15.3 Å². The van der Waals surface area contributed by atoms with Crippen LogP contribution in [0.2, 0.25) is 0 Å². The van der Waals surface area contributed by atoms with E-state index in [1.54, 1.807) is 17.1 Å². The van der Waals surface area contributed by atoms with E-state index in [1.165, 1.54) is 0 Å². The molecule has 3 rings (SSSR count). The molecule has 22 heavy (non-hydrogen) atoms. The van der Waals surface area contributed by atoms with Crippen LogP contribution in [-0.4, -0.2) is 67.4 Å². The second kappa shape index (κ2) is 6.12. The fourth-order valence-corrected chi connectivity index (χ4v) is 3.07. The summed E-state index contributed by atoms with van der Waals surface area (Å²) in [6.45, 7) is 0.538. The minimum Gasteiger partial charge on any atom is -0.390 e. The molecule has 7 heteroatoms. The van der Waals surface area contributed by atoms with Crippen molar-refractivity contribution in [3.63, 3.8) is 0 Å². The number of rotatable bonds is 4. The summed E-state index contributed by atoms with van der Waals surface area (Å²) >= 11 is 0. The van der Waals surface area contributed by atoms with Gasteiger partial charge in [0.05, 0.1) is 18.4 Å². The summed E-state index contributed by atoms with van der Waals surface area (Å²) in [5.74, 6) is -0.0363. The minimum absolute atomic E-state index is 0.0266. The van der Waals surface area contributed by atoms with E-state index in [9.17, 15) is 10.2 Å². The van der Waals surface area contributed by atoms with Gasteiger partial charge in [0.2, 0.25) is 0 Å². The van der Waals surface area contributed by atoms with Gasteiger partial charge in [0.1, 0.15) is 5.69 Å². The van der Waals surface area contributed by atoms with Gasteiger partial charge in [0.25, 0.3) is 0 Å². The molecule has 1 saturated carbocycles. The number of aliphatic hydroxyl groups is 2. The second-order valence-electron chi connectivity index (χ2n) is 6.08. The fourth-order valence-electron chi connectivity index (χ4n) is 3.07. The molecule has 1 fully saturated rings. The van der Waals surface area contributed by atoms with Crippen LogP contribution < -0.4 is 0 Å². The van der Waals surface area contributed by atoms with Crippen molar-refractivity contribution in [1.82, 2.24) is 24.9 Å². The Morgan fingerprint density at radius 2 is 2.14 bits per heavy atom. The lowest BCUT2D eigenvalue weighted by Crippen LogP contribution is -2.39. The molecule has 4 atom stereocenters. The van der Waals surface area contributed by atoms with E-state index in [1.807, 2.05) is 37.3 Å². The zero-order valence-electron chi connectivity index (χ0n) is 12.7. The SMILES string of the molecule is CN(C)C1CC(Cn2cc(-c3cccnc3)nn2)C(O)C1O. The molecule has 1 aliphatic carbocycles. The third-order valence-corrected chi connectivity index (χ3v) is 4.35. The first-order chi connectivity index (χ1) is 10.6. The molecule has 7 nitrogen and oxygen atoms in total. The molecule has 0 aromatic carbocycles. The molecule has 0 saturated heterocycles. The Balaban J connectivity index is 1.71. The molecule has 2 aromatic heterocycles.